The molecular formula is C29H27ClFN5O. The Bertz CT molecular complexity index is 1570. The van der Waals surface area contributed by atoms with Crippen molar-refractivity contribution in [1.29, 1.82) is 0 Å². The number of likely N-dealkylation sites (tertiary alicyclic amines) is 1. The summed E-state index contributed by atoms with van der Waals surface area (Å²) >= 11 is 6.52. The van der Waals surface area contributed by atoms with E-state index < -0.39 is 5.82 Å². The van der Waals surface area contributed by atoms with Crippen LogP contribution in [0.1, 0.15) is 12.0 Å². The van der Waals surface area contributed by atoms with Crippen LogP contribution in [-0.4, -0.2) is 51.8 Å². The Balaban J connectivity index is 1.48. The van der Waals surface area contributed by atoms with E-state index in [1.165, 1.54) is 12.1 Å². The highest BCUT2D eigenvalue weighted by atomic mass is 35.5. The van der Waals surface area contributed by atoms with Gasteiger partial charge in [0.15, 0.2) is 0 Å². The Kier molecular flexibility index (Phi) is 5.57. The number of rotatable bonds is 4. The fraction of sp³-hybridized carbons (Fsp3) is 0.276. The molecule has 0 N–H and O–H groups in total. The number of anilines is 1. The number of carbonyl (C=O) groups excluding carboxylic acids is 1. The van der Waals surface area contributed by atoms with E-state index in [4.69, 9.17) is 16.6 Å². The van der Waals surface area contributed by atoms with Crippen LogP contribution in [0.5, 0.6) is 0 Å². The van der Waals surface area contributed by atoms with Gasteiger partial charge >= 0.3 is 0 Å². The molecule has 8 heteroatoms. The van der Waals surface area contributed by atoms with Crippen LogP contribution in [0.3, 0.4) is 0 Å². The Morgan fingerprint density at radius 3 is 2.73 bits per heavy atom. The van der Waals surface area contributed by atoms with Gasteiger partial charge in [0, 0.05) is 66.9 Å². The zero-order valence-corrected chi connectivity index (χ0v) is 21.6. The molecule has 1 amide bonds. The number of aryl methyl sites for hydroxylation is 1. The molecule has 0 bridgehead atoms. The van der Waals surface area contributed by atoms with Gasteiger partial charge in [0.2, 0.25) is 5.91 Å². The minimum absolute atomic E-state index is 0.0187. The van der Waals surface area contributed by atoms with Crippen LogP contribution >= 0.6 is 11.6 Å². The highest BCUT2D eigenvalue weighted by Gasteiger charge is 2.49. The first kappa shape index (κ1) is 23.7. The lowest BCUT2D eigenvalue weighted by Gasteiger charge is -2.47. The molecule has 0 aliphatic carbocycles. The van der Waals surface area contributed by atoms with Crippen LogP contribution in [0.4, 0.5) is 10.2 Å². The number of amides is 1. The molecule has 188 valence electrons. The molecule has 2 aromatic carbocycles. The number of nitrogens with zero attached hydrogens (tertiary/aromatic N) is 5. The molecule has 2 aromatic heterocycles. The highest BCUT2D eigenvalue weighted by molar-refractivity contribution is 6.34. The molecule has 2 saturated heterocycles. The van der Waals surface area contributed by atoms with Crippen LogP contribution < -0.4 is 4.90 Å². The van der Waals surface area contributed by atoms with E-state index in [1.807, 2.05) is 47.8 Å². The summed E-state index contributed by atoms with van der Waals surface area (Å²) in [5.41, 5.74) is 5.37. The number of halogens is 2. The van der Waals surface area contributed by atoms with Crippen molar-refractivity contribution < 1.29 is 9.18 Å². The lowest BCUT2D eigenvalue weighted by atomic mass is 9.79. The number of hydrogen-bond acceptors (Lipinski definition) is 4. The summed E-state index contributed by atoms with van der Waals surface area (Å²) in [5.74, 6) is 0.406. The fourth-order valence-corrected chi connectivity index (χ4v) is 6.16. The van der Waals surface area contributed by atoms with Gasteiger partial charge in [0.1, 0.15) is 11.6 Å². The second-order valence-corrected chi connectivity index (χ2v) is 10.6. The summed E-state index contributed by atoms with van der Waals surface area (Å²) in [7, 11) is 1.91. The van der Waals surface area contributed by atoms with Crippen LogP contribution in [0.15, 0.2) is 61.3 Å². The monoisotopic (exact) mass is 515 g/mol. The number of carbonyl (C=O) groups is 1. The Hall–Kier alpha value is -3.71. The molecule has 4 aromatic rings. The molecule has 6 nitrogen and oxygen atoms in total. The first-order valence-corrected chi connectivity index (χ1v) is 12.7. The van der Waals surface area contributed by atoms with Crippen molar-refractivity contribution >= 4 is 34.2 Å². The van der Waals surface area contributed by atoms with Crippen LogP contribution in [0.25, 0.3) is 33.3 Å². The van der Waals surface area contributed by atoms with Gasteiger partial charge in [0.05, 0.1) is 16.2 Å². The number of aromatic nitrogens is 3. The Labute approximate surface area is 220 Å². The molecular weight excluding hydrogens is 489 g/mol. The van der Waals surface area contributed by atoms with Gasteiger partial charge in [-0.1, -0.05) is 42.4 Å². The third-order valence-corrected chi connectivity index (χ3v) is 8.20. The highest BCUT2D eigenvalue weighted by Crippen LogP contribution is 2.45. The molecule has 2 fully saturated rings. The van der Waals surface area contributed by atoms with E-state index in [0.717, 1.165) is 71.7 Å². The molecule has 2 aliphatic rings. The summed E-state index contributed by atoms with van der Waals surface area (Å²) in [6.45, 7) is 8.76. The van der Waals surface area contributed by atoms with Gasteiger partial charge < -0.3 is 9.80 Å². The number of hydrogen-bond donors (Lipinski definition) is 0. The normalized spacial score (nSPS) is 16.4. The largest absolute Gasteiger partial charge is 0.356 e. The van der Waals surface area contributed by atoms with Crippen molar-refractivity contribution in [3.63, 3.8) is 0 Å². The van der Waals surface area contributed by atoms with E-state index in [1.54, 1.807) is 12.3 Å². The number of pyridine rings is 1. The van der Waals surface area contributed by atoms with E-state index >= 15 is 0 Å². The van der Waals surface area contributed by atoms with Gasteiger partial charge in [-0.3, -0.25) is 9.48 Å². The van der Waals surface area contributed by atoms with Crippen molar-refractivity contribution in [1.82, 2.24) is 19.7 Å². The maximum Gasteiger partial charge on any atom is 0.245 e. The molecule has 6 rings (SSSR count). The van der Waals surface area contributed by atoms with E-state index in [-0.39, 0.29) is 16.3 Å². The predicted molar refractivity (Wildman–Crippen MR) is 145 cm³/mol. The van der Waals surface area contributed by atoms with E-state index in [0.29, 0.717) is 5.56 Å². The predicted octanol–water partition coefficient (Wildman–Crippen LogP) is 5.63. The average molecular weight is 516 g/mol. The number of fused-ring (bicyclic) bond motifs is 1. The third-order valence-electron chi connectivity index (χ3n) is 7.82. The van der Waals surface area contributed by atoms with Gasteiger partial charge in [-0.05, 0) is 43.2 Å². The van der Waals surface area contributed by atoms with Gasteiger partial charge in [-0.15, -0.1) is 0 Å². The molecule has 4 heterocycles. The van der Waals surface area contributed by atoms with Crippen LogP contribution in [0.2, 0.25) is 5.02 Å². The van der Waals surface area contributed by atoms with Crippen LogP contribution in [0, 0.1) is 18.2 Å². The third kappa shape index (κ3) is 3.80. The quantitative estimate of drug-likeness (QED) is 0.331. The van der Waals surface area contributed by atoms with Gasteiger partial charge in [0.25, 0.3) is 0 Å². The summed E-state index contributed by atoms with van der Waals surface area (Å²) in [6.07, 6.45) is 4.13. The molecule has 0 saturated carbocycles. The topological polar surface area (TPSA) is 54.3 Å². The Morgan fingerprint density at radius 2 is 2.00 bits per heavy atom. The van der Waals surface area contributed by atoms with Gasteiger partial charge in [-0.2, -0.15) is 5.10 Å². The molecule has 37 heavy (non-hydrogen) atoms. The van der Waals surface area contributed by atoms with Crippen molar-refractivity contribution in [3.8, 4) is 22.4 Å². The number of benzene rings is 2. The minimum Gasteiger partial charge on any atom is -0.356 e. The molecule has 2 aliphatic heterocycles. The maximum atomic E-state index is 14.6. The van der Waals surface area contributed by atoms with Crippen LogP contribution in [-0.2, 0) is 11.8 Å². The lowest BCUT2D eigenvalue weighted by molar-refractivity contribution is -0.136. The standard InChI is InChI=1S/C29H27ClFN5O/c1-4-25(37)36-16-29(17-36)11-13-35(15-29)28-18(2)26(21-6-5-7-22(31)27(21)30)20-9-8-19(14-23(20)33-28)24-10-12-32-34(24)3/h4-10,12,14H,1,11,13,15-17H2,2-3H3. The van der Waals surface area contributed by atoms with Crippen molar-refractivity contribution in [2.24, 2.45) is 12.5 Å². The molecule has 0 unspecified atom stereocenters. The zero-order chi connectivity index (χ0) is 25.9. The second kappa shape index (κ2) is 8.70. The molecule has 0 radical (unpaired) electrons. The van der Waals surface area contributed by atoms with E-state index in [2.05, 4.69) is 22.6 Å². The van der Waals surface area contributed by atoms with E-state index in [9.17, 15) is 9.18 Å². The molecule has 1 spiro atoms. The summed E-state index contributed by atoms with van der Waals surface area (Å²) in [6, 6.07) is 13.0. The Morgan fingerprint density at radius 1 is 1.19 bits per heavy atom. The molecule has 0 atom stereocenters. The average Bonchev–Trinajstić information content (AvgIpc) is 3.51. The smallest absolute Gasteiger partial charge is 0.245 e. The summed E-state index contributed by atoms with van der Waals surface area (Å²) in [5, 5.41) is 5.33. The van der Waals surface area contributed by atoms with Crippen molar-refractivity contribution in [2.45, 2.75) is 13.3 Å². The maximum absolute atomic E-state index is 14.6. The first-order valence-electron chi connectivity index (χ1n) is 12.3. The van der Waals surface area contributed by atoms with Crippen molar-refractivity contribution in [3.05, 3.63) is 77.7 Å². The minimum atomic E-state index is -0.446. The van der Waals surface area contributed by atoms with Crippen molar-refractivity contribution in [2.75, 3.05) is 31.1 Å². The second-order valence-electron chi connectivity index (χ2n) is 10.2. The zero-order valence-electron chi connectivity index (χ0n) is 20.8. The SMILES string of the molecule is C=CC(=O)N1CC2(CCN(c3nc4cc(-c5ccnn5C)ccc4c(-c4cccc(F)c4Cl)c3C)C2)C1. The summed E-state index contributed by atoms with van der Waals surface area (Å²) < 4.78 is 16.4. The lowest BCUT2D eigenvalue weighted by Crippen LogP contribution is -2.59. The van der Waals surface area contributed by atoms with Gasteiger partial charge in [-0.25, -0.2) is 9.37 Å². The first-order chi connectivity index (χ1) is 17.8. The fourth-order valence-electron chi connectivity index (χ4n) is 5.94. The summed E-state index contributed by atoms with van der Waals surface area (Å²) in [4.78, 5) is 21.3.